The van der Waals surface area contributed by atoms with Crippen LogP contribution >= 0.6 is 0 Å². The SMILES string of the molecule is CCOC(=O)CCNC(=O)C(c1ccccc1O)N(CCO)C(=O)C(CCC(N)=O)NC(=O)OC(C)(C)C. The second-order valence-electron chi connectivity index (χ2n) is 9.27. The molecule has 0 aromatic heterocycles. The Balaban J connectivity index is 3.37. The molecule has 2 unspecified atom stereocenters. The fraction of sp³-hybridized carbons (Fsp3) is 0.560. The molecule has 4 amide bonds. The van der Waals surface area contributed by atoms with Crippen molar-refractivity contribution in [3.63, 3.8) is 0 Å². The highest BCUT2D eigenvalue weighted by molar-refractivity contribution is 5.93. The summed E-state index contributed by atoms with van der Waals surface area (Å²) in [7, 11) is 0. The third-order valence-electron chi connectivity index (χ3n) is 5.02. The van der Waals surface area contributed by atoms with Crippen LogP contribution in [-0.4, -0.2) is 82.8 Å². The lowest BCUT2D eigenvalue weighted by molar-refractivity contribution is -0.145. The van der Waals surface area contributed by atoms with Gasteiger partial charge < -0.3 is 41.0 Å². The Morgan fingerprint density at radius 2 is 1.76 bits per heavy atom. The van der Waals surface area contributed by atoms with Gasteiger partial charge in [0.05, 0.1) is 19.6 Å². The fourth-order valence-electron chi connectivity index (χ4n) is 3.46. The van der Waals surface area contributed by atoms with Gasteiger partial charge in [-0.25, -0.2) is 4.79 Å². The number of phenolic OH excluding ortho intramolecular Hbond substituents is 1. The van der Waals surface area contributed by atoms with Crippen LogP contribution in [0.5, 0.6) is 5.75 Å². The van der Waals surface area contributed by atoms with Gasteiger partial charge in [0, 0.05) is 25.1 Å². The number of primary amides is 1. The molecule has 1 aromatic rings. The number of amides is 4. The van der Waals surface area contributed by atoms with Crippen LogP contribution in [0.1, 0.15) is 58.6 Å². The molecule has 38 heavy (non-hydrogen) atoms. The van der Waals surface area contributed by atoms with Crippen molar-refractivity contribution in [1.82, 2.24) is 15.5 Å². The molecule has 0 bridgehead atoms. The number of esters is 1. The van der Waals surface area contributed by atoms with Crippen LogP contribution in [0, 0.1) is 0 Å². The van der Waals surface area contributed by atoms with E-state index < -0.39 is 54.1 Å². The topological polar surface area (TPSA) is 198 Å². The van der Waals surface area contributed by atoms with Gasteiger partial charge in [-0.3, -0.25) is 19.2 Å². The van der Waals surface area contributed by atoms with Crippen molar-refractivity contribution >= 4 is 29.8 Å². The van der Waals surface area contributed by atoms with E-state index in [1.807, 2.05) is 0 Å². The number of para-hydroxylation sites is 1. The number of benzene rings is 1. The quantitative estimate of drug-likeness (QED) is 0.209. The monoisotopic (exact) mass is 538 g/mol. The van der Waals surface area contributed by atoms with Crippen molar-refractivity contribution in [2.24, 2.45) is 5.73 Å². The van der Waals surface area contributed by atoms with Gasteiger partial charge in [0.25, 0.3) is 0 Å². The third kappa shape index (κ3) is 11.0. The number of nitrogens with one attached hydrogen (secondary N) is 2. The van der Waals surface area contributed by atoms with Crippen LogP contribution in [-0.2, 0) is 28.7 Å². The molecule has 0 saturated heterocycles. The van der Waals surface area contributed by atoms with E-state index in [2.05, 4.69) is 10.6 Å². The largest absolute Gasteiger partial charge is 0.508 e. The lowest BCUT2D eigenvalue weighted by atomic mass is 10.0. The second-order valence-corrected chi connectivity index (χ2v) is 9.27. The van der Waals surface area contributed by atoms with Crippen LogP contribution in [0.2, 0.25) is 0 Å². The van der Waals surface area contributed by atoms with E-state index in [9.17, 15) is 34.2 Å². The maximum atomic E-state index is 13.7. The second kappa shape index (κ2) is 15.4. The molecular weight excluding hydrogens is 500 g/mol. The van der Waals surface area contributed by atoms with E-state index in [0.29, 0.717) is 0 Å². The molecule has 212 valence electrons. The summed E-state index contributed by atoms with van der Waals surface area (Å²) in [4.78, 5) is 63.6. The summed E-state index contributed by atoms with van der Waals surface area (Å²) in [6.45, 7) is 5.63. The summed E-state index contributed by atoms with van der Waals surface area (Å²) in [6, 6.07) is 2.98. The highest BCUT2D eigenvalue weighted by atomic mass is 16.6. The Morgan fingerprint density at radius 1 is 1.11 bits per heavy atom. The Bertz CT molecular complexity index is 978. The first-order valence-electron chi connectivity index (χ1n) is 12.2. The van der Waals surface area contributed by atoms with Crippen LogP contribution in [0.4, 0.5) is 4.79 Å². The van der Waals surface area contributed by atoms with Crippen molar-refractivity contribution in [3.05, 3.63) is 29.8 Å². The van der Waals surface area contributed by atoms with Gasteiger partial charge in [-0.15, -0.1) is 0 Å². The zero-order valence-corrected chi connectivity index (χ0v) is 22.2. The van der Waals surface area contributed by atoms with Crippen LogP contribution < -0.4 is 16.4 Å². The summed E-state index contributed by atoms with van der Waals surface area (Å²) in [5.74, 6) is -3.16. The standard InChI is InChI=1S/C25H38N4O9/c1-5-37-20(33)12-13-27-22(34)21(16-8-6-7-9-18(16)31)29(14-15-30)23(35)17(10-11-19(26)32)28-24(36)38-25(2,3)4/h6-9,17,21,30-31H,5,10-15H2,1-4H3,(H2,26,32)(H,27,34)(H,28,36). The zero-order valence-electron chi connectivity index (χ0n) is 22.2. The molecule has 0 aliphatic heterocycles. The number of phenols is 1. The summed E-state index contributed by atoms with van der Waals surface area (Å²) in [5, 5.41) is 25.2. The summed E-state index contributed by atoms with van der Waals surface area (Å²) in [5.41, 5.74) is 4.40. The van der Waals surface area contributed by atoms with Crippen molar-refractivity contribution < 1.29 is 43.7 Å². The molecule has 0 aliphatic rings. The smallest absolute Gasteiger partial charge is 0.408 e. The molecular formula is C25H38N4O9. The van der Waals surface area contributed by atoms with E-state index in [1.165, 1.54) is 18.2 Å². The van der Waals surface area contributed by atoms with Crippen molar-refractivity contribution in [3.8, 4) is 5.75 Å². The summed E-state index contributed by atoms with van der Waals surface area (Å²) in [6.07, 6.45) is -1.57. The number of aromatic hydroxyl groups is 1. The maximum absolute atomic E-state index is 13.7. The zero-order chi connectivity index (χ0) is 28.9. The number of aliphatic hydroxyl groups is 1. The van der Waals surface area contributed by atoms with Crippen LogP contribution in [0.15, 0.2) is 24.3 Å². The van der Waals surface area contributed by atoms with E-state index in [4.69, 9.17) is 15.2 Å². The first kappa shape index (κ1) is 32.2. The highest BCUT2D eigenvalue weighted by Gasteiger charge is 2.37. The number of ether oxygens (including phenoxy) is 2. The molecule has 0 spiro atoms. The molecule has 0 saturated carbocycles. The Labute approximate surface area is 221 Å². The normalized spacial score (nSPS) is 12.6. The van der Waals surface area contributed by atoms with Gasteiger partial charge in [0.1, 0.15) is 23.4 Å². The molecule has 6 N–H and O–H groups in total. The molecule has 0 heterocycles. The first-order chi connectivity index (χ1) is 17.8. The Morgan fingerprint density at radius 3 is 2.32 bits per heavy atom. The Kier molecular flexibility index (Phi) is 13.0. The molecule has 13 nitrogen and oxygen atoms in total. The molecule has 1 aromatic carbocycles. The average molecular weight is 539 g/mol. The third-order valence-corrected chi connectivity index (χ3v) is 5.02. The predicted octanol–water partition coefficient (Wildman–Crippen LogP) is 0.482. The number of carbonyl (C=O) groups excluding carboxylic acids is 5. The lowest BCUT2D eigenvalue weighted by Crippen LogP contribution is -2.54. The minimum atomic E-state index is -1.46. The molecule has 1 rings (SSSR count). The molecule has 0 fully saturated rings. The molecule has 13 heteroatoms. The van der Waals surface area contributed by atoms with Gasteiger partial charge in [-0.2, -0.15) is 0 Å². The van der Waals surface area contributed by atoms with E-state index in [-0.39, 0.29) is 50.3 Å². The predicted molar refractivity (Wildman–Crippen MR) is 135 cm³/mol. The van der Waals surface area contributed by atoms with Crippen molar-refractivity contribution in [1.29, 1.82) is 0 Å². The van der Waals surface area contributed by atoms with E-state index in [1.54, 1.807) is 33.8 Å². The first-order valence-corrected chi connectivity index (χ1v) is 12.2. The fourth-order valence-corrected chi connectivity index (χ4v) is 3.46. The average Bonchev–Trinajstić information content (AvgIpc) is 2.81. The van der Waals surface area contributed by atoms with Gasteiger partial charge >= 0.3 is 12.1 Å². The molecule has 0 radical (unpaired) electrons. The summed E-state index contributed by atoms with van der Waals surface area (Å²) >= 11 is 0. The Hall–Kier alpha value is -3.87. The number of hydrogen-bond acceptors (Lipinski definition) is 9. The van der Waals surface area contributed by atoms with Crippen molar-refractivity contribution in [2.75, 3.05) is 26.3 Å². The number of alkyl carbamates (subject to hydrolysis) is 1. The van der Waals surface area contributed by atoms with Crippen LogP contribution in [0.25, 0.3) is 0 Å². The van der Waals surface area contributed by atoms with Gasteiger partial charge in [0.2, 0.25) is 17.7 Å². The number of aliphatic hydroxyl groups excluding tert-OH is 1. The lowest BCUT2D eigenvalue weighted by Gasteiger charge is -2.34. The molecule has 0 aliphatic carbocycles. The van der Waals surface area contributed by atoms with Gasteiger partial charge in [0.15, 0.2) is 0 Å². The molecule has 2 atom stereocenters. The van der Waals surface area contributed by atoms with E-state index in [0.717, 1.165) is 4.90 Å². The highest BCUT2D eigenvalue weighted by Crippen LogP contribution is 2.30. The summed E-state index contributed by atoms with van der Waals surface area (Å²) < 4.78 is 10.1. The number of hydrogen-bond donors (Lipinski definition) is 5. The number of carbonyl (C=O) groups is 5. The number of nitrogens with two attached hydrogens (primary N) is 1. The number of nitrogens with zero attached hydrogens (tertiary/aromatic N) is 1. The van der Waals surface area contributed by atoms with E-state index >= 15 is 0 Å². The van der Waals surface area contributed by atoms with Gasteiger partial charge in [-0.05, 0) is 40.2 Å². The minimum absolute atomic E-state index is 0.0360. The van der Waals surface area contributed by atoms with Gasteiger partial charge in [-0.1, -0.05) is 18.2 Å². The minimum Gasteiger partial charge on any atom is -0.508 e. The number of rotatable bonds is 14. The van der Waals surface area contributed by atoms with Crippen molar-refractivity contribution in [2.45, 2.75) is 64.6 Å². The maximum Gasteiger partial charge on any atom is 0.408 e. The van der Waals surface area contributed by atoms with Crippen LogP contribution in [0.3, 0.4) is 0 Å².